The molecule has 25 heavy (non-hydrogen) atoms. The predicted octanol–water partition coefficient (Wildman–Crippen LogP) is 2.47. The molecule has 1 saturated carbocycles. The first-order valence-corrected chi connectivity index (χ1v) is 8.57. The van der Waals surface area contributed by atoms with Crippen LogP contribution in [-0.4, -0.2) is 69.0 Å². The summed E-state index contributed by atoms with van der Waals surface area (Å²) in [5, 5.41) is 6.63. The number of aliphatic imine (C=N–C) groups is 1. The SMILES string of the molecule is CCNC(=NCCN(C)CC(F)(F)F)NC1C2CCOC2C1(C)C.I. The van der Waals surface area contributed by atoms with Crippen LogP contribution in [0.4, 0.5) is 13.2 Å². The molecule has 1 aliphatic carbocycles. The smallest absolute Gasteiger partial charge is 0.377 e. The maximum absolute atomic E-state index is 12.3. The third-order valence-electron chi connectivity index (χ3n) is 4.94. The van der Waals surface area contributed by atoms with Gasteiger partial charge in [0.25, 0.3) is 0 Å². The van der Waals surface area contributed by atoms with Gasteiger partial charge in [0.2, 0.25) is 0 Å². The van der Waals surface area contributed by atoms with Crippen LogP contribution in [0.25, 0.3) is 0 Å². The Kier molecular flexibility index (Phi) is 8.26. The molecular weight excluding hydrogens is 448 g/mol. The lowest BCUT2D eigenvalue weighted by molar-refractivity contribution is -0.142. The number of ether oxygens (including phenoxy) is 1. The first-order chi connectivity index (χ1) is 11.1. The van der Waals surface area contributed by atoms with Gasteiger partial charge in [-0.2, -0.15) is 13.2 Å². The molecule has 1 saturated heterocycles. The molecule has 2 fully saturated rings. The van der Waals surface area contributed by atoms with E-state index in [0.717, 1.165) is 13.0 Å². The second-order valence-electron chi connectivity index (χ2n) is 7.30. The highest BCUT2D eigenvalue weighted by Gasteiger charge is 2.59. The number of nitrogens with zero attached hydrogens (tertiary/aromatic N) is 2. The summed E-state index contributed by atoms with van der Waals surface area (Å²) >= 11 is 0. The van der Waals surface area contributed by atoms with Crippen molar-refractivity contribution in [3.05, 3.63) is 0 Å². The zero-order valence-corrected chi connectivity index (χ0v) is 17.6. The molecule has 148 valence electrons. The summed E-state index contributed by atoms with van der Waals surface area (Å²) in [4.78, 5) is 5.67. The van der Waals surface area contributed by atoms with Gasteiger partial charge in [0.05, 0.1) is 19.2 Å². The van der Waals surface area contributed by atoms with Crippen molar-refractivity contribution in [1.82, 2.24) is 15.5 Å². The number of nitrogens with one attached hydrogen (secondary N) is 2. The van der Waals surface area contributed by atoms with E-state index in [1.165, 1.54) is 11.9 Å². The molecule has 5 nitrogen and oxygen atoms in total. The minimum absolute atomic E-state index is 0. The van der Waals surface area contributed by atoms with E-state index >= 15 is 0 Å². The third kappa shape index (κ3) is 5.85. The van der Waals surface area contributed by atoms with Gasteiger partial charge in [0, 0.05) is 37.1 Å². The average molecular weight is 478 g/mol. The van der Waals surface area contributed by atoms with Crippen molar-refractivity contribution in [2.75, 3.05) is 39.8 Å². The summed E-state index contributed by atoms with van der Waals surface area (Å²) in [6.45, 7) is 7.51. The molecule has 0 aromatic rings. The number of alkyl halides is 3. The van der Waals surface area contributed by atoms with Gasteiger partial charge in [-0.25, -0.2) is 0 Å². The Morgan fingerprint density at radius 3 is 2.64 bits per heavy atom. The molecule has 0 amide bonds. The van der Waals surface area contributed by atoms with Gasteiger partial charge in [-0.05, 0) is 20.4 Å². The molecule has 1 aliphatic heterocycles. The summed E-state index contributed by atoms with van der Waals surface area (Å²) in [7, 11) is 1.46. The van der Waals surface area contributed by atoms with Crippen molar-refractivity contribution in [3.63, 3.8) is 0 Å². The molecule has 0 spiro atoms. The topological polar surface area (TPSA) is 48.9 Å². The van der Waals surface area contributed by atoms with E-state index in [1.807, 2.05) is 6.92 Å². The van der Waals surface area contributed by atoms with E-state index in [-0.39, 0.29) is 48.1 Å². The van der Waals surface area contributed by atoms with Crippen LogP contribution < -0.4 is 10.6 Å². The summed E-state index contributed by atoms with van der Waals surface area (Å²) in [5.41, 5.74) is 0.0322. The van der Waals surface area contributed by atoms with Crippen LogP contribution in [0, 0.1) is 11.3 Å². The maximum atomic E-state index is 12.3. The van der Waals surface area contributed by atoms with Gasteiger partial charge >= 0.3 is 6.18 Å². The van der Waals surface area contributed by atoms with Crippen LogP contribution in [0.15, 0.2) is 4.99 Å². The summed E-state index contributed by atoms with van der Waals surface area (Å²) in [5.74, 6) is 1.15. The highest BCUT2D eigenvalue weighted by atomic mass is 127. The van der Waals surface area contributed by atoms with Crippen molar-refractivity contribution >= 4 is 29.9 Å². The van der Waals surface area contributed by atoms with E-state index < -0.39 is 12.7 Å². The number of fused-ring (bicyclic) bond motifs is 1. The first-order valence-electron chi connectivity index (χ1n) is 8.57. The summed E-state index contributed by atoms with van der Waals surface area (Å²) in [6, 6.07) is 0.274. The van der Waals surface area contributed by atoms with Crippen LogP contribution in [0.3, 0.4) is 0 Å². The van der Waals surface area contributed by atoms with Gasteiger partial charge in [0.15, 0.2) is 5.96 Å². The van der Waals surface area contributed by atoms with Gasteiger partial charge < -0.3 is 15.4 Å². The van der Waals surface area contributed by atoms with E-state index in [1.54, 1.807) is 0 Å². The zero-order chi connectivity index (χ0) is 18.0. The first kappa shape index (κ1) is 22.8. The van der Waals surface area contributed by atoms with Gasteiger partial charge in [0.1, 0.15) is 0 Å². The number of likely N-dealkylation sites (N-methyl/N-ethyl adjacent to an activating group) is 1. The molecule has 0 aromatic carbocycles. The van der Waals surface area contributed by atoms with Crippen LogP contribution >= 0.6 is 24.0 Å². The van der Waals surface area contributed by atoms with E-state index in [4.69, 9.17) is 4.74 Å². The van der Waals surface area contributed by atoms with E-state index in [0.29, 0.717) is 25.0 Å². The molecule has 1 heterocycles. The molecule has 0 radical (unpaired) electrons. The number of hydrogen-bond acceptors (Lipinski definition) is 3. The highest BCUT2D eigenvalue weighted by molar-refractivity contribution is 14.0. The fourth-order valence-electron chi connectivity index (χ4n) is 3.80. The standard InChI is InChI=1S/C16H29F3N4O.HI/c1-5-20-14(21-7-8-23(4)10-16(17,18)19)22-12-11-6-9-24-13(11)15(12,2)3;/h11-13H,5-10H2,1-4H3,(H2,20,21,22);1H. The van der Waals surface area contributed by atoms with Gasteiger partial charge in [-0.1, -0.05) is 13.8 Å². The number of guanidine groups is 1. The Hall–Kier alpha value is -0.290. The Morgan fingerprint density at radius 2 is 2.04 bits per heavy atom. The minimum Gasteiger partial charge on any atom is -0.377 e. The third-order valence-corrected chi connectivity index (χ3v) is 4.94. The normalized spacial score (nSPS) is 28.2. The lowest BCUT2D eigenvalue weighted by Crippen LogP contribution is -2.68. The summed E-state index contributed by atoms with van der Waals surface area (Å²) in [6.07, 6.45) is -2.84. The highest BCUT2D eigenvalue weighted by Crippen LogP contribution is 2.52. The van der Waals surface area contributed by atoms with Crippen LogP contribution in [0.5, 0.6) is 0 Å². The van der Waals surface area contributed by atoms with Crippen molar-refractivity contribution in [2.24, 2.45) is 16.3 Å². The molecule has 9 heteroatoms. The molecule has 2 aliphatic rings. The second kappa shape index (κ2) is 9.07. The lowest BCUT2D eigenvalue weighted by Gasteiger charge is -2.54. The predicted molar refractivity (Wildman–Crippen MR) is 103 cm³/mol. The van der Waals surface area contributed by atoms with Crippen LogP contribution in [-0.2, 0) is 4.74 Å². The Morgan fingerprint density at radius 1 is 1.36 bits per heavy atom. The Balaban J connectivity index is 0.00000312. The number of hydrogen-bond donors (Lipinski definition) is 2. The fraction of sp³-hybridized carbons (Fsp3) is 0.938. The summed E-state index contributed by atoms with van der Waals surface area (Å²) < 4.78 is 42.8. The van der Waals surface area contributed by atoms with E-state index in [2.05, 4.69) is 29.5 Å². The zero-order valence-electron chi connectivity index (χ0n) is 15.3. The molecule has 2 rings (SSSR count). The molecule has 0 aromatic heterocycles. The number of rotatable bonds is 6. The van der Waals surface area contributed by atoms with E-state index in [9.17, 15) is 13.2 Å². The average Bonchev–Trinajstić information content (AvgIpc) is 2.89. The Labute approximate surface area is 165 Å². The van der Waals surface area contributed by atoms with Gasteiger partial charge in [-0.3, -0.25) is 9.89 Å². The molecule has 3 unspecified atom stereocenters. The minimum atomic E-state index is -4.17. The van der Waals surface area contributed by atoms with Crippen molar-refractivity contribution in [1.29, 1.82) is 0 Å². The lowest BCUT2D eigenvalue weighted by atomic mass is 9.57. The molecule has 0 bridgehead atoms. The van der Waals surface area contributed by atoms with Gasteiger partial charge in [-0.15, -0.1) is 24.0 Å². The molecule has 2 N–H and O–H groups in total. The second-order valence-corrected chi connectivity index (χ2v) is 7.30. The van der Waals surface area contributed by atoms with Crippen molar-refractivity contribution < 1.29 is 17.9 Å². The van der Waals surface area contributed by atoms with Crippen LogP contribution in [0.1, 0.15) is 27.2 Å². The van der Waals surface area contributed by atoms with Crippen LogP contribution in [0.2, 0.25) is 0 Å². The maximum Gasteiger partial charge on any atom is 0.401 e. The molecule has 3 atom stereocenters. The monoisotopic (exact) mass is 478 g/mol. The Bertz CT molecular complexity index is 459. The van der Waals surface area contributed by atoms with Crippen molar-refractivity contribution in [2.45, 2.75) is 45.5 Å². The molecular formula is C16H30F3IN4O. The quantitative estimate of drug-likeness (QED) is 0.350. The fourth-order valence-corrected chi connectivity index (χ4v) is 3.80. The van der Waals surface area contributed by atoms with Crippen molar-refractivity contribution in [3.8, 4) is 0 Å². The number of halogens is 4. The largest absolute Gasteiger partial charge is 0.401 e.